The van der Waals surface area contributed by atoms with Crippen molar-refractivity contribution in [1.82, 2.24) is 24.6 Å². The van der Waals surface area contributed by atoms with E-state index < -0.39 is 0 Å². The van der Waals surface area contributed by atoms with Crippen LogP contribution in [0.4, 0.5) is 5.82 Å². The number of aromatic nitrogens is 4. The van der Waals surface area contributed by atoms with Crippen LogP contribution in [0.15, 0.2) is 42.9 Å². The molecule has 2 aromatic heterocycles. The minimum atomic E-state index is -0.380. The largest absolute Gasteiger partial charge is 0.488 e. The van der Waals surface area contributed by atoms with Gasteiger partial charge in [-0.2, -0.15) is 5.10 Å². The summed E-state index contributed by atoms with van der Waals surface area (Å²) in [6.45, 7) is 3.69. The van der Waals surface area contributed by atoms with E-state index in [1.54, 1.807) is 54.2 Å². The van der Waals surface area contributed by atoms with Crippen molar-refractivity contribution in [2.24, 2.45) is 7.05 Å². The van der Waals surface area contributed by atoms with Gasteiger partial charge in [0.05, 0.1) is 19.0 Å². The highest BCUT2D eigenvalue weighted by Gasteiger charge is 2.23. The Hall–Kier alpha value is -3.99. The van der Waals surface area contributed by atoms with Gasteiger partial charge < -0.3 is 24.4 Å². The predicted molar refractivity (Wildman–Crippen MR) is 122 cm³/mol. The second-order valence-electron chi connectivity index (χ2n) is 7.89. The Kier molecular flexibility index (Phi) is 7.02. The van der Waals surface area contributed by atoms with Crippen molar-refractivity contribution in [2.45, 2.75) is 19.4 Å². The van der Waals surface area contributed by atoms with Gasteiger partial charge in [0.2, 0.25) is 5.88 Å². The number of ether oxygens (including phenoxy) is 3. The fraction of sp³-hybridized carbons (Fsp3) is 0.348. The summed E-state index contributed by atoms with van der Waals surface area (Å²) in [5, 5.41) is 6.90. The molecule has 0 spiro atoms. The minimum Gasteiger partial charge on any atom is -0.488 e. The van der Waals surface area contributed by atoms with E-state index >= 15 is 0 Å². The van der Waals surface area contributed by atoms with E-state index in [1.807, 2.05) is 6.92 Å². The van der Waals surface area contributed by atoms with Gasteiger partial charge in [-0.1, -0.05) is 0 Å². The molecular weight excluding hydrogens is 440 g/mol. The molecule has 3 heterocycles. The number of hydrogen-bond acceptors (Lipinski definition) is 8. The number of nitrogens with one attached hydrogen (secondary N) is 1. The van der Waals surface area contributed by atoms with E-state index in [4.69, 9.17) is 14.2 Å². The fourth-order valence-corrected chi connectivity index (χ4v) is 3.28. The second-order valence-corrected chi connectivity index (χ2v) is 7.89. The lowest BCUT2D eigenvalue weighted by atomic mass is 10.2. The number of aryl methyl sites for hydroxylation is 1. The first kappa shape index (κ1) is 23.2. The molecule has 1 aliphatic heterocycles. The predicted octanol–water partition coefficient (Wildman–Crippen LogP) is 2.51. The number of carbonyl (C=O) groups excluding carboxylic acids is 2. The van der Waals surface area contributed by atoms with E-state index in [0.29, 0.717) is 29.5 Å². The maximum atomic E-state index is 12.8. The molecule has 0 radical (unpaired) electrons. The maximum absolute atomic E-state index is 12.8. The number of rotatable bonds is 9. The molecule has 4 rings (SSSR count). The average Bonchev–Trinajstić information content (AvgIpc) is 3.17. The molecular formula is C23H26N6O5. The number of benzene rings is 1. The van der Waals surface area contributed by atoms with E-state index in [-0.39, 0.29) is 29.5 Å². The average molecular weight is 466 g/mol. The summed E-state index contributed by atoms with van der Waals surface area (Å²) in [7, 11) is 3.34. The number of carbonyl (C=O) groups is 2. The Bertz CT molecular complexity index is 1160. The van der Waals surface area contributed by atoms with Crippen LogP contribution >= 0.6 is 0 Å². The van der Waals surface area contributed by atoms with Crippen molar-refractivity contribution in [2.75, 3.05) is 32.1 Å². The number of methoxy groups -OCH3 is 1. The molecule has 178 valence electrons. The van der Waals surface area contributed by atoms with Gasteiger partial charge in [-0.15, -0.1) is 0 Å². The standard InChI is InChI=1S/C23H26N6O5/c1-15(14-32-3)33-17-9-16(22(30)26-20-5-8-28(2)27-20)10-18(11-17)34-21-13-24-19(12-25-21)23(31)29-6-4-7-29/h5,8-13,15H,4,6-7,14H2,1-3H3,(H,26,27,30). The van der Waals surface area contributed by atoms with Gasteiger partial charge in [0.25, 0.3) is 11.8 Å². The van der Waals surface area contributed by atoms with Crippen LogP contribution in [0.1, 0.15) is 34.2 Å². The second kappa shape index (κ2) is 10.3. The van der Waals surface area contributed by atoms with E-state index in [1.165, 1.54) is 12.4 Å². The van der Waals surface area contributed by atoms with Gasteiger partial charge in [0.1, 0.15) is 23.3 Å². The summed E-state index contributed by atoms with van der Waals surface area (Å²) in [6.07, 6.45) is 5.23. The highest BCUT2D eigenvalue weighted by molar-refractivity contribution is 6.04. The highest BCUT2D eigenvalue weighted by Crippen LogP contribution is 2.28. The first-order chi connectivity index (χ1) is 16.4. The smallest absolute Gasteiger partial charge is 0.274 e. The first-order valence-corrected chi connectivity index (χ1v) is 10.8. The van der Waals surface area contributed by atoms with Crippen molar-refractivity contribution in [1.29, 1.82) is 0 Å². The Morgan fingerprint density at radius 3 is 2.56 bits per heavy atom. The molecule has 11 heteroatoms. The van der Waals surface area contributed by atoms with Crippen molar-refractivity contribution in [3.05, 3.63) is 54.1 Å². The van der Waals surface area contributed by atoms with Crippen LogP contribution in [0.5, 0.6) is 17.4 Å². The molecule has 34 heavy (non-hydrogen) atoms. The summed E-state index contributed by atoms with van der Waals surface area (Å²) >= 11 is 0. The molecule has 1 unspecified atom stereocenters. The topological polar surface area (TPSA) is 121 Å². The summed E-state index contributed by atoms with van der Waals surface area (Å²) in [5.74, 6) is 0.812. The van der Waals surface area contributed by atoms with Gasteiger partial charge in [0.15, 0.2) is 5.82 Å². The Labute approximate surface area is 196 Å². The van der Waals surface area contributed by atoms with Crippen LogP contribution in [0.25, 0.3) is 0 Å². The third-order valence-electron chi connectivity index (χ3n) is 5.05. The molecule has 1 aliphatic rings. The normalized spacial score (nSPS) is 13.7. The van der Waals surface area contributed by atoms with Crippen molar-refractivity contribution < 1.29 is 23.8 Å². The van der Waals surface area contributed by atoms with Crippen LogP contribution in [0.3, 0.4) is 0 Å². The molecule has 1 fully saturated rings. The van der Waals surface area contributed by atoms with E-state index in [0.717, 1.165) is 19.5 Å². The number of amides is 2. The van der Waals surface area contributed by atoms with Crippen molar-refractivity contribution in [3.63, 3.8) is 0 Å². The van der Waals surface area contributed by atoms with Crippen molar-refractivity contribution in [3.8, 4) is 17.4 Å². The number of likely N-dealkylation sites (tertiary alicyclic amines) is 1. The number of anilines is 1. The number of hydrogen-bond donors (Lipinski definition) is 1. The van der Waals surface area contributed by atoms with E-state index in [2.05, 4.69) is 20.4 Å². The molecule has 0 saturated carbocycles. The zero-order chi connectivity index (χ0) is 24.1. The highest BCUT2D eigenvalue weighted by atomic mass is 16.5. The van der Waals surface area contributed by atoms with Gasteiger partial charge in [-0.05, 0) is 25.5 Å². The van der Waals surface area contributed by atoms with E-state index in [9.17, 15) is 9.59 Å². The zero-order valence-electron chi connectivity index (χ0n) is 19.2. The molecule has 11 nitrogen and oxygen atoms in total. The first-order valence-electron chi connectivity index (χ1n) is 10.8. The molecule has 1 N–H and O–H groups in total. The molecule has 1 atom stereocenters. The molecule has 1 saturated heterocycles. The van der Waals surface area contributed by atoms with Gasteiger partial charge in [0, 0.05) is 51.1 Å². The van der Waals surface area contributed by atoms with Gasteiger partial charge >= 0.3 is 0 Å². The van der Waals surface area contributed by atoms with Gasteiger partial charge in [-0.3, -0.25) is 14.3 Å². The van der Waals surface area contributed by atoms with Crippen LogP contribution in [-0.2, 0) is 11.8 Å². The molecule has 3 aromatic rings. The summed E-state index contributed by atoms with van der Waals surface area (Å²) in [5.41, 5.74) is 0.563. The Morgan fingerprint density at radius 1 is 1.15 bits per heavy atom. The Morgan fingerprint density at radius 2 is 1.94 bits per heavy atom. The zero-order valence-corrected chi connectivity index (χ0v) is 19.2. The summed E-state index contributed by atoms with van der Waals surface area (Å²) in [6, 6.07) is 6.50. The van der Waals surface area contributed by atoms with Crippen LogP contribution < -0.4 is 14.8 Å². The van der Waals surface area contributed by atoms with Crippen LogP contribution in [-0.4, -0.2) is 69.4 Å². The SMILES string of the molecule is COCC(C)Oc1cc(Oc2cnc(C(=O)N3CCC3)cn2)cc(C(=O)Nc2ccn(C)n2)c1. The minimum absolute atomic E-state index is 0.152. The molecule has 0 bridgehead atoms. The monoisotopic (exact) mass is 466 g/mol. The van der Waals surface area contributed by atoms with Crippen molar-refractivity contribution >= 4 is 17.6 Å². The maximum Gasteiger partial charge on any atom is 0.274 e. The number of nitrogens with zero attached hydrogens (tertiary/aromatic N) is 5. The van der Waals surface area contributed by atoms with Crippen LogP contribution in [0, 0.1) is 0 Å². The lowest BCUT2D eigenvalue weighted by Gasteiger charge is -2.30. The molecule has 0 aliphatic carbocycles. The lowest BCUT2D eigenvalue weighted by molar-refractivity contribution is 0.0645. The summed E-state index contributed by atoms with van der Waals surface area (Å²) < 4.78 is 18.4. The molecule has 1 aromatic carbocycles. The molecule has 2 amide bonds. The fourth-order valence-electron chi connectivity index (χ4n) is 3.28. The lowest BCUT2D eigenvalue weighted by Crippen LogP contribution is -2.42. The van der Waals surface area contributed by atoms with Crippen LogP contribution in [0.2, 0.25) is 0 Å². The third-order valence-corrected chi connectivity index (χ3v) is 5.05. The van der Waals surface area contributed by atoms with Gasteiger partial charge in [-0.25, -0.2) is 9.97 Å². The quantitative estimate of drug-likeness (QED) is 0.511. The Balaban J connectivity index is 1.54. The third kappa shape index (κ3) is 5.67. The summed E-state index contributed by atoms with van der Waals surface area (Å²) in [4.78, 5) is 35.2.